The van der Waals surface area contributed by atoms with E-state index in [2.05, 4.69) is 4.98 Å². The minimum atomic E-state index is -1.14. The highest BCUT2D eigenvalue weighted by Gasteiger charge is 2.25. The van der Waals surface area contributed by atoms with Gasteiger partial charge in [0.25, 0.3) is 0 Å². The molecule has 1 aromatic carbocycles. The fraction of sp³-hybridized carbons (Fsp3) is 0.278. The van der Waals surface area contributed by atoms with Crippen molar-refractivity contribution in [3.8, 4) is 17.2 Å². The van der Waals surface area contributed by atoms with Gasteiger partial charge in [0.1, 0.15) is 17.6 Å². The Morgan fingerprint density at radius 3 is 2.42 bits per heavy atom. The molecule has 0 radical (unpaired) electrons. The second-order valence-corrected chi connectivity index (χ2v) is 5.88. The van der Waals surface area contributed by atoms with Crippen LogP contribution in [0.2, 0.25) is 0 Å². The second kappa shape index (κ2) is 7.73. The topological polar surface area (TPSA) is 109 Å². The molecule has 1 aliphatic rings. The van der Waals surface area contributed by atoms with Gasteiger partial charge in [-0.15, -0.1) is 0 Å². The maximum atomic E-state index is 12.2. The summed E-state index contributed by atoms with van der Waals surface area (Å²) in [5.74, 6) is -0.197. The number of hydrogen-bond acceptors (Lipinski definition) is 6. The monoisotopic (exact) mass is 358 g/mol. The van der Waals surface area contributed by atoms with E-state index in [1.54, 1.807) is 29.2 Å². The van der Waals surface area contributed by atoms with Crippen molar-refractivity contribution in [2.75, 3.05) is 13.1 Å². The molecule has 2 heterocycles. The van der Waals surface area contributed by atoms with Crippen LogP contribution in [0, 0.1) is 0 Å². The van der Waals surface area contributed by atoms with Crippen LogP contribution >= 0.6 is 0 Å². The van der Waals surface area contributed by atoms with E-state index < -0.39 is 12.1 Å². The van der Waals surface area contributed by atoms with Crippen molar-refractivity contribution in [2.24, 2.45) is 0 Å². The standard InChI is InChI=1S/C18H18N2O6/c21-13-1-3-14(4-2-13)25-15-5-7-20(8-6-15)18(24)26-16-9-12(17(22)23)10-19-11-16/h1-4,9-11,15,21H,5-8H2,(H,22,23). The predicted octanol–water partition coefficient (Wildman–Crippen LogP) is 2.53. The van der Waals surface area contributed by atoms with E-state index in [0.29, 0.717) is 31.7 Å². The average molecular weight is 358 g/mol. The van der Waals surface area contributed by atoms with Gasteiger partial charge in [0.15, 0.2) is 5.75 Å². The van der Waals surface area contributed by atoms with E-state index in [1.165, 1.54) is 18.5 Å². The Labute approximate surface area is 149 Å². The number of carboxylic acids is 1. The molecule has 1 saturated heterocycles. The van der Waals surface area contributed by atoms with Crippen molar-refractivity contribution in [1.29, 1.82) is 0 Å². The first-order chi connectivity index (χ1) is 12.5. The molecule has 1 aromatic heterocycles. The minimum Gasteiger partial charge on any atom is -0.508 e. The third-order valence-electron chi connectivity index (χ3n) is 4.00. The van der Waals surface area contributed by atoms with Crippen molar-refractivity contribution in [1.82, 2.24) is 9.88 Å². The fourth-order valence-electron chi connectivity index (χ4n) is 2.63. The van der Waals surface area contributed by atoms with Crippen LogP contribution in [-0.2, 0) is 0 Å². The molecule has 26 heavy (non-hydrogen) atoms. The number of pyridine rings is 1. The number of hydrogen-bond donors (Lipinski definition) is 2. The summed E-state index contributed by atoms with van der Waals surface area (Å²) in [6, 6.07) is 7.76. The number of amides is 1. The van der Waals surface area contributed by atoms with E-state index in [0.717, 1.165) is 0 Å². The van der Waals surface area contributed by atoms with Crippen LogP contribution in [0.4, 0.5) is 4.79 Å². The van der Waals surface area contributed by atoms with Crippen molar-refractivity contribution in [2.45, 2.75) is 18.9 Å². The lowest BCUT2D eigenvalue weighted by Gasteiger charge is -2.31. The van der Waals surface area contributed by atoms with Gasteiger partial charge in [-0.2, -0.15) is 0 Å². The first-order valence-electron chi connectivity index (χ1n) is 8.12. The predicted molar refractivity (Wildman–Crippen MR) is 90.6 cm³/mol. The molecule has 8 heteroatoms. The van der Waals surface area contributed by atoms with Crippen molar-refractivity contribution in [3.05, 3.63) is 48.3 Å². The zero-order valence-corrected chi connectivity index (χ0v) is 13.9. The molecule has 0 aliphatic carbocycles. The highest BCUT2D eigenvalue weighted by Crippen LogP contribution is 2.22. The highest BCUT2D eigenvalue weighted by molar-refractivity contribution is 5.87. The van der Waals surface area contributed by atoms with Crippen LogP contribution in [0.15, 0.2) is 42.7 Å². The Balaban J connectivity index is 1.51. The maximum Gasteiger partial charge on any atom is 0.415 e. The number of likely N-dealkylation sites (tertiary alicyclic amines) is 1. The summed E-state index contributed by atoms with van der Waals surface area (Å²) in [5, 5.41) is 18.2. The lowest BCUT2D eigenvalue weighted by atomic mass is 10.1. The van der Waals surface area contributed by atoms with Gasteiger partial charge >= 0.3 is 12.1 Å². The normalized spacial score (nSPS) is 14.7. The highest BCUT2D eigenvalue weighted by atomic mass is 16.6. The van der Waals surface area contributed by atoms with Gasteiger partial charge in [-0.05, 0) is 30.3 Å². The van der Waals surface area contributed by atoms with Gasteiger partial charge in [0.2, 0.25) is 0 Å². The number of nitrogens with zero attached hydrogens (tertiary/aromatic N) is 2. The molecule has 0 bridgehead atoms. The van der Waals surface area contributed by atoms with E-state index in [9.17, 15) is 14.7 Å². The molecule has 0 unspecified atom stereocenters. The van der Waals surface area contributed by atoms with Gasteiger partial charge < -0.3 is 24.6 Å². The van der Waals surface area contributed by atoms with Crippen molar-refractivity contribution in [3.63, 3.8) is 0 Å². The lowest BCUT2D eigenvalue weighted by molar-refractivity contribution is 0.0694. The Morgan fingerprint density at radius 1 is 1.08 bits per heavy atom. The maximum absolute atomic E-state index is 12.2. The Hall–Kier alpha value is -3.29. The van der Waals surface area contributed by atoms with E-state index >= 15 is 0 Å². The van der Waals surface area contributed by atoms with Gasteiger partial charge in [0.05, 0.1) is 11.8 Å². The Kier molecular flexibility index (Phi) is 5.21. The number of phenolic OH excluding ortho intramolecular Hbond substituents is 1. The minimum absolute atomic E-state index is 0.0272. The number of benzene rings is 1. The fourth-order valence-corrected chi connectivity index (χ4v) is 2.63. The number of aromatic hydroxyl groups is 1. The van der Waals surface area contributed by atoms with Gasteiger partial charge in [0, 0.05) is 32.1 Å². The summed E-state index contributed by atoms with van der Waals surface area (Å²) < 4.78 is 11.0. The van der Waals surface area contributed by atoms with Crippen molar-refractivity contribution < 1.29 is 29.3 Å². The summed E-state index contributed by atoms with van der Waals surface area (Å²) in [4.78, 5) is 28.4. The number of piperidine rings is 1. The van der Waals surface area contributed by atoms with Crippen LogP contribution in [-0.4, -0.2) is 51.4 Å². The van der Waals surface area contributed by atoms with Gasteiger partial charge in [-0.25, -0.2) is 9.59 Å². The summed E-state index contributed by atoms with van der Waals surface area (Å²) in [5.41, 5.74) is -0.0451. The second-order valence-electron chi connectivity index (χ2n) is 5.88. The quantitative estimate of drug-likeness (QED) is 0.864. The Morgan fingerprint density at radius 2 is 1.77 bits per heavy atom. The SMILES string of the molecule is O=C(O)c1cncc(OC(=O)N2CCC(Oc3ccc(O)cc3)CC2)c1. The third kappa shape index (κ3) is 4.41. The molecule has 1 aliphatic heterocycles. The number of aromatic nitrogens is 1. The summed E-state index contributed by atoms with van der Waals surface area (Å²) in [6.07, 6.45) is 3.20. The number of carbonyl (C=O) groups is 2. The Bertz CT molecular complexity index is 785. The molecule has 0 spiro atoms. The number of ether oxygens (including phenoxy) is 2. The number of aromatic carboxylic acids is 1. The summed E-state index contributed by atoms with van der Waals surface area (Å²) in [6.45, 7) is 0.932. The number of phenols is 1. The van der Waals surface area contributed by atoms with E-state index in [1.807, 2.05) is 0 Å². The first-order valence-corrected chi connectivity index (χ1v) is 8.12. The molecule has 1 fully saturated rings. The van der Waals surface area contributed by atoms with Crippen LogP contribution in [0.1, 0.15) is 23.2 Å². The third-order valence-corrected chi connectivity index (χ3v) is 4.00. The van der Waals surface area contributed by atoms with Crippen LogP contribution < -0.4 is 9.47 Å². The van der Waals surface area contributed by atoms with E-state index in [4.69, 9.17) is 14.6 Å². The molecular formula is C18H18N2O6. The van der Waals surface area contributed by atoms with Crippen LogP contribution in [0.25, 0.3) is 0 Å². The number of rotatable bonds is 4. The molecule has 0 saturated carbocycles. The molecule has 0 atom stereocenters. The number of carboxylic acid groups (broad SMARTS) is 1. The van der Waals surface area contributed by atoms with Gasteiger partial charge in [-0.3, -0.25) is 4.98 Å². The molecule has 8 nitrogen and oxygen atoms in total. The van der Waals surface area contributed by atoms with Crippen LogP contribution in [0.5, 0.6) is 17.2 Å². The first kappa shape index (κ1) is 17.5. The average Bonchev–Trinajstić information content (AvgIpc) is 2.64. The van der Waals surface area contributed by atoms with Crippen LogP contribution in [0.3, 0.4) is 0 Å². The number of carbonyl (C=O) groups excluding carboxylic acids is 1. The van der Waals surface area contributed by atoms with Crippen molar-refractivity contribution >= 4 is 12.1 Å². The molecule has 3 rings (SSSR count). The zero-order chi connectivity index (χ0) is 18.5. The molecule has 2 aromatic rings. The van der Waals surface area contributed by atoms with Gasteiger partial charge in [-0.1, -0.05) is 0 Å². The molecule has 2 N–H and O–H groups in total. The smallest absolute Gasteiger partial charge is 0.415 e. The lowest BCUT2D eigenvalue weighted by Crippen LogP contribution is -2.43. The zero-order valence-electron chi connectivity index (χ0n) is 13.9. The molecular weight excluding hydrogens is 340 g/mol. The summed E-state index contributed by atoms with van der Waals surface area (Å²) >= 11 is 0. The molecule has 136 valence electrons. The molecule has 1 amide bonds. The largest absolute Gasteiger partial charge is 0.508 e. The van der Waals surface area contributed by atoms with E-state index in [-0.39, 0.29) is 23.2 Å². The summed E-state index contributed by atoms with van der Waals surface area (Å²) in [7, 11) is 0.